The highest BCUT2D eigenvalue weighted by Crippen LogP contribution is 2.29. The minimum atomic E-state index is -1.21. The molecular weight excluding hydrogens is 312 g/mol. The first kappa shape index (κ1) is 17.3. The van der Waals surface area contributed by atoms with Crippen molar-refractivity contribution in [3.8, 4) is 5.88 Å². The van der Waals surface area contributed by atoms with Crippen molar-refractivity contribution in [2.75, 3.05) is 44.3 Å². The Morgan fingerprint density at radius 3 is 2.58 bits per heavy atom. The van der Waals surface area contributed by atoms with Gasteiger partial charge in [0.25, 0.3) is 0 Å². The number of nitrogens with one attached hydrogen (secondary N) is 1. The molecular formula is C16H26N4O4. The van der Waals surface area contributed by atoms with E-state index in [1.165, 1.54) is 0 Å². The van der Waals surface area contributed by atoms with Gasteiger partial charge in [0, 0.05) is 31.7 Å². The lowest BCUT2D eigenvalue weighted by Crippen LogP contribution is -2.44. The molecule has 1 saturated heterocycles. The van der Waals surface area contributed by atoms with Crippen LogP contribution in [-0.2, 0) is 12.8 Å². The molecule has 8 heteroatoms. The van der Waals surface area contributed by atoms with Crippen LogP contribution in [0.25, 0.3) is 0 Å². The van der Waals surface area contributed by atoms with Gasteiger partial charge < -0.3 is 30.3 Å². The van der Waals surface area contributed by atoms with Crippen LogP contribution in [0, 0.1) is 0 Å². The Labute approximate surface area is 141 Å². The summed E-state index contributed by atoms with van der Waals surface area (Å²) in [6.07, 6.45) is 1.60. The number of ether oxygens (including phenoxy) is 1. The Hall–Kier alpha value is -1.48. The van der Waals surface area contributed by atoms with Crippen molar-refractivity contribution in [1.82, 2.24) is 15.3 Å². The van der Waals surface area contributed by atoms with E-state index in [2.05, 4.69) is 15.2 Å². The van der Waals surface area contributed by atoms with Gasteiger partial charge in [-0.25, -0.2) is 4.98 Å². The van der Waals surface area contributed by atoms with Crippen LogP contribution in [0.1, 0.15) is 24.1 Å². The van der Waals surface area contributed by atoms with Crippen molar-refractivity contribution in [3.63, 3.8) is 0 Å². The van der Waals surface area contributed by atoms with Gasteiger partial charge in [0.2, 0.25) is 11.8 Å². The summed E-state index contributed by atoms with van der Waals surface area (Å²) >= 11 is 0. The summed E-state index contributed by atoms with van der Waals surface area (Å²) in [4.78, 5) is 11.4. The first-order chi connectivity index (χ1) is 11.7. The number of aryl methyl sites for hydroxylation is 1. The Balaban J connectivity index is 1.80. The van der Waals surface area contributed by atoms with Crippen LogP contribution >= 0.6 is 0 Å². The highest BCUT2D eigenvalue weighted by atomic mass is 16.5. The Kier molecular flexibility index (Phi) is 5.83. The second kappa shape index (κ2) is 8.06. The highest BCUT2D eigenvalue weighted by Gasteiger charge is 2.24. The van der Waals surface area contributed by atoms with E-state index < -0.39 is 18.8 Å². The zero-order valence-electron chi connectivity index (χ0n) is 13.8. The molecule has 1 aliphatic carbocycles. The topological polar surface area (TPSA) is 111 Å². The van der Waals surface area contributed by atoms with Crippen LogP contribution in [0.15, 0.2) is 0 Å². The SMILES string of the molecule is OC[C@@H](O)[C@H](O)COc1nc(N2CCNCC2)nc2c1CCCC2. The molecule has 134 valence electrons. The van der Waals surface area contributed by atoms with Crippen LogP contribution in [0.5, 0.6) is 5.88 Å². The maximum atomic E-state index is 9.80. The molecule has 0 unspecified atom stereocenters. The molecule has 0 bridgehead atoms. The molecule has 4 N–H and O–H groups in total. The number of aliphatic hydroxyl groups excluding tert-OH is 3. The van der Waals surface area contributed by atoms with E-state index in [9.17, 15) is 10.2 Å². The maximum Gasteiger partial charge on any atom is 0.228 e. The molecule has 8 nitrogen and oxygen atoms in total. The lowest BCUT2D eigenvalue weighted by Gasteiger charge is -2.29. The van der Waals surface area contributed by atoms with Gasteiger partial charge in [-0.15, -0.1) is 0 Å². The van der Waals surface area contributed by atoms with Crippen molar-refractivity contribution in [1.29, 1.82) is 0 Å². The third kappa shape index (κ3) is 3.94. The summed E-state index contributed by atoms with van der Waals surface area (Å²) in [5.74, 6) is 1.17. The number of hydrogen-bond acceptors (Lipinski definition) is 8. The van der Waals surface area contributed by atoms with Crippen LogP contribution in [0.3, 0.4) is 0 Å². The van der Waals surface area contributed by atoms with E-state index in [0.717, 1.165) is 63.1 Å². The molecule has 0 aromatic carbocycles. The van der Waals surface area contributed by atoms with E-state index in [4.69, 9.17) is 14.8 Å². The van der Waals surface area contributed by atoms with E-state index >= 15 is 0 Å². The quantitative estimate of drug-likeness (QED) is 0.515. The Morgan fingerprint density at radius 2 is 1.83 bits per heavy atom. The molecule has 0 amide bonds. The first-order valence-electron chi connectivity index (χ1n) is 8.64. The largest absolute Gasteiger partial charge is 0.474 e. The van der Waals surface area contributed by atoms with Gasteiger partial charge in [0.1, 0.15) is 18.8 Å². The fraction of sp³-hybridized carbons (Fsp3) is 0.750. The second-order valence-electron chi connectivity index (χ2n) is 6.33. The van der Waals surface area contributed by atoms with Gasteiger partial charge in [-0.1, -0.05) is 0 Å². The van der Waals surface area contributed by atoms with Crippen LogP contribution < -0.4 is 15.0 Å². The molecule has 0 spiro atoms. The molecule has 0 saturated carbocycles. The van der Waals surface area contributed by atoms with Crippen molar-refractivity contribution < 1.29 is 20.1 Å². The standard InChI is InChI=1S/C16H26N4O4/c21-9-13(22)14(23)10-24-15-11-3-1-2-4-12(11)18-16(19-15)20-7-5-17-6-8-20/h13-14,17,21-23H,1-10H2/t13-,14-/m1/s1. The van der Waals surface area contributed by atoms with E-state index in [1.54, 1.807) is 0 Å². The maximum absolute atomic E-state index is 9.80. The van der Waals surface area contributed by atoms with Crippen molar-refractivity contribution in [2.24, 2.45) is 0 Å². The third-order valence-corrected chi connectivity index (χ3v) is 4.56. The van der Waals surface area contributed by atoms with Crippen LogP contribution in [0.4, 0.5) is 5.95 Å². The zero-order chi connectivity index (χ0) is 16.9. The van der Waals surface area contributed by atoms with E-state index in [-0.39, 0.29) is 6.61 Å². The van der Waals surface area contributed by atoms with Crippen molar-refractivity contribution in [2.45, 2.75) is 37.9 Å². The van der Waals surface area contributed by atoms with Gasteiger partial charge in [-0.3, -0.25) is 0 Å². The molecule has 1 aromatic heterocycles. The fourth-order valence-corrected chi connectivity index (χ4v) is 3.07. The summed E-state index contributed by atoms with van der Waals surface area (Å²) in [5, 5.41) is 31.5. The number of aromatic nitrogens is 2. The molecule has 24 heavy (non-hydrogen) atoms. The zero-order valence-corrected chi connectivity index (χ0v) is 13.8. The molecule has 2 aliphatic rings. The number of anilines is 1. The minimum absolute atomic E-state index is 0.105. The summed E-state index contributed by atoms with van der Waals surface area (Å²) in [7, 11) is 0. The number of fused-ring (bicyclic) bond motifs is 1. The van der Waals surface area contributed by atoms with Crippen LogP contribution in [0.2, 0.25) is 0 Å². The minimum Gasteiger partial charge on any atom is -0.474 e. The van der Waals surface area contributed by atoms with E-state index in [1.807, 2.05) is 0 Å². The van der Waals surface area contributed by atoms with Crippen LogP contribution in [-0.4, -0.2) is 76.9 Å². The lowest BCUT2D eigenvalue weighted by molar-refractivity contribution is -0.0347. The molecule has 1 fully saturated rings. The lowest BCUT2D eigenvalue weighted by atomic mass is 9.97. The summed E-state index contributed by atoms with van der Waals surface area (Å²) in [6, 6.07) is 0. The normalized spacial score (nSPS) is 20.4. The van der Waals surface area contributed by atoms with E-state index in [0.29, 0.717) is 11.8 Å². The Bertz CT molecular complexity index is 551. The number of piperazine rings is 1. The van der Waals surface area contributed by atoms with Gasteiger partial charge in [-0.05, 0) is 25.7 Å². The molecule has 1 aromatic rings. The van der Waals surface area contributed by atoms with Crippen molar-refractivity contribution >= 4 is 5.95 Å². The second-order valence-corrected chi connectivity index (χ2v) is 6.33. The van der Waals surface area contributed by atoms with Gasteiger partial charge in [-0.2, -0.15) is 4.98 Å². The monoisotopic (exact) mass is 338 g/mol. The van der Waals surface area contributed by atoms with Gasteiger partial charge in [0.05, 0.1) is 12.3 Å². The molecule has 1 aliphatic heterocycles. The predicted molar refractivity (Wildman–Crippen MR) is 88.4 cm³/mol. The predicted octanol–water partition coefficient (Wildman–Crippen LogP) is -1.14. The highest BCUT2D eigenvalue weighted by molar-refractivity contribution is 5.42. The number of nitrogens with zero attached hydrogens (tertiary/aromatic N) is 3. The van der Waals surface area contributed by atoms with Gasteiger partial charge in [0.15, 0.2) is 0 Å². The number of aliphatic hydroxyl groups is 3. The summed E-state index contributed by atoms with van der Waals surface area (Å²) < 4.78 is 5.71. The Morgan fingerprint density at radius 1 is 1.08 bits per heavy atom. The van der Waals surface area contributed by atoms with Gasteiger partial charge >= 0.3 is 0 Å². The smallest absolute Gasteiger partial charge is 0.228 e. The summed E-state index contributed by atoms with van der Waals surface area (Å²) in [5.41, 5.74) is 2.03. The molecule has 2 atom stereocenters. The molecule has 3 rings (SSSR count). The third-order valence-electron chi connectivity index (χ3n) is 4.56. The summed E-state index contributed by atoms with van der Waals surface area (Å²) in [6.45, 7) is 2.90. The molecule has 2 heterocycles. The average Bonchev–Trinajstić information content (AvgIpc) is 2.65. The first-order valence-corrected chi connectivity index (χ1v) is 8.64. The fourth-order valence-electron chi connectivity index (χ4n) is 3.07. The average molecular weight is 338 g/mol. The number of hydrogen-bond donors (Lipinski definition) is 4. The molecule has 0 radical (unpaired) electrons. The van der Waals surface area contributed by atoms with Crippen molar-refractivity contribution in [3.05, 3.63) is 11.3 Å². The number of rotatable bonds is 6.